The van der Waals surface area contributed by atoms with Crippen LogP contribution in [0.4, 0.5) is 17.6 Å². The number of benzene rings is 3. The predicted octanol–water partition coefficient (Wildman–Crippen LogP) is 46.7. The van der Waals surface area contributed by atoms with Crippen molar-refractivity contribution in [2.75, 3.05) is 6.61 Å². The fraction of sp³-hybridized carbons (Fsp3) is 0.632. The highest BCUT2D eigenvalue weighted by atomic mass is 32.1. The molecule has 0 aliphatic carbocycles. The average Bonchev–Trinajstić information content (AvgIpc) is 1.59. The Morgan fingerprint density at radius 3 is 0.829 bits per heavy atom. The molecule has 0 bridgehead atoms. The highest BCUT2D eigenvalue weighted by molar-refractivity contribution is 7.28. The third-order valence-corrected chi connectivity index (χ3v) is 40.9. The fourth-order valence-corrected chi connectivity index (χ4v) is 32.2. The van der Waals surface area contributed by atoms with Crippen LogP contribution in [0.15, 0.2) is 60.7 Å². The molecule has 0 radical (unpaired) electrons. The molecule has 7 nitrogen and oxygen atoms in total. The van der Waals surface area contributed by atoms with Crippen molar-refractivity contribution in [1.82, 2.24) is 26.2 Å². The van der Waals surface area contributed by atoms with Crippen LogP contribution in [0.5, 0.6) is 5.75 Å². The standard InChI is InChI=1S/C125H176F4N6OS10/c1-11-18-25-32-39-44-47-52-59-66-73-93-84-103(141-123(93)99-78-77-98(139-99)111-121-116(130-144-135-121)106(97-76-75-88(8)137-97)89(9)122(111)136-81-68-61-54-49-46-41-34-27-20-13-3)108-113(127)114(128)109(119-118(108)132-146-133-119)104-85-94(74-67-60-53-48-45-40-33-26-19-12-2)124(142-104)100-79-80-101(140-100)125-96(83-92(71-63-56-38-31-24-17-7)72-65-58-51-43-36-29-22-15-5)87-105(143-125)110-115(129)112(126)107(117-120(110)134-145-131-117)102-86-95(90(10)138-102)82-91(69-62-55-37-30-23-16-6)70-64-57-50-42-35-28-21-14-4/h75-80,84-87,91-92H,11-74,81-83H2,1-10H3. The number of rotatable bonds is 79. The lowest BCUT2D eigenvalue weighted by molar-refractivity contribution is 0.304. The van der Waals surface area contributed by atoms with Crippen LogP contribution < -0.4 is 4.74 Å². The van der Waals surface area contributed by atoms with Crippen LogP contribution in [0.1, 0.15) is 484 Å². The molecule has 0 aliphatic rings. The van der Waals surface area contributed by atoms with E-state index in [1.165, 1.54) is 372 Å². The lowest BCUT2D eigenvalue weighted by Crippen LogP contribution is -2.06. The summed E-state index contributed by atoms with van der Waals surface area (Å²) in [5.41, 5.74) is 11.9. The summed E-state index contributed by atoms with van der Waals surface area (Å²) in [4.78, 5) is 13.6. The van der Waals surface area contributed by atoms with E-state index in [1.54, 1.807) is 68.0 Å². The molecule has 13 rings (SSSR count). The monoisotopic (exact) mass is 2170 g/mol. The van der Waals surface area contributed by atoms with Gasteiger partial charge in [-0.05, 0) is 160 Å². The second kappa shape index (κ2) is 65.3. The average molecular weight is 2180 g/mol. The molecule has 0 spiro atoms. The molecular weight excluding hydrogens is 2000 g/mol. The zero-order valence-electron chi connectivity index (χ0n) is 91.0. The molecule has 0 N–H and O–H groups in total. The van der Waals surface area contributed by atoms with E-state index in [9.17, 15) is 0 Å². The third-order valence-electron chi connectivity index (χ3n) is 30.9. The molecule has 13 aromatic rings. The first-order valence-electron chi connectivity index (χ1n) is 58.6. The van der Waals surface area contributed by atoms with Crippen molar-refractivity contribution in [1.29, 1.82) is 0 Å². The van der Waals surface area contributed by atoms with Gasteiger partial charge in [0.15, 0.2) is 23.3 Å². The Labute approximate surface area is 918 Å². The van der Waals surface area contributed by atoms with Gasteiger partial charge in [0.25, 0.3) is 0 Å². The molecular formula is C125H176F4N6OS10. The molecule has 10 heterocycles. The van der Waals surface area contributed by atoms with E-state index in [4.69, 9.17) is 31.0 Å². The van der Waals surface area contributed by atoms with Crippen LogP contribution in [0.2, 0.25) is 0 Å². The Bertz CT molecular complexity index is 5920. The molecule has 0 saturated carbocycles. The zero-order valence-corrected chi connectivity index (χ0v) is 99.2. The summed E-state index contributed by atoms with van der Waals surface area (Å²) in [6.45, 7) is 23.2. The Morgan fingerprint density at radius 2 is 0.493 bits per heavy atom. The van der Waals surface area contributed by atoms with Gasteiger partial charge in [-0.2, -0.15) is 26.2 Å². The van der Waals surface area contributed by atoms with Crippen LogP contribution in [0.25, 0.3) is 125 Å². The van der Waals surface area contributed by atoms with E-state index in [1.807, 2.05) is 0 Å². The maximum atomic E-state index is 18.7. The second-order valence-electron chi connectivity index (χ2n) is 42.8. The first kappa shape index (κ1) is 118. The van der Waals surface area contributed by atoms with Crippen molar-refractivity contribution >= 4 is 148 Å². The van der Waals surface area contributed by atoms with Gasteiger partial charge in [-0.15, -0.1) is 79.4 Å². The number of fused-ring (bicyclic) bond motifs is 3. The Hall–Kier alpha value is -5.46. The summed E-state index contributed by atoms with van der Waals surface area (Å²) in [5.74, 6) is -1.71. The fourth-order valence-electron chi connectivity index (χ4n) is 22.2. The van der Waals surface area contributed by atoms with Gasteiger partial charge >= 0.3 is 0 Å². The highest BCUT2D eigenvalue weighted by Gasteiger charge is 2.34. The number of thiophene rings is 7. The normalized spacial score (nSPS) is 12.5. The van der Waals surface area contributed by atoms with Crippen molar-refractivity contribution in [2.24, 2.45) is 11.8 Å². The minimum absolute atomic E-state index is 0.162. The van der Waals surface area contributed by atoms with Gasteiger partial charge in [-0.1, -0.05) is 427 Å². The molecule has 0 aliphatic heterocycles. The van der Waals surface area contributed by atoms with E-state index in [2.05, 4.69) is 130 Å². The summed E-state index contributed by atoms with van der Waals surface area (Å²) >= 11 is 14.8. The minimum atomic E-state index is -0.904. The second-order valence-corrected chi connectivity index (χ2v) is 52.3. The molecule has 0 fully saturated rings. The van der Waals surface area contributed by atoms with Gasteiger partial charge in [0.1, 0.15) is 38.8 Å². The van der Waals surface area contributed by atoms with Crippen molar-refractivity contribution in [2.45, 2.75) is 493 Å². The van der Waals surface area contributed by atoms with Crippen molar-refractivity contribution < 1.29 is 22.3 Å². The molecule has 10 aromatic heterocycles. The van der Waals surface area contributed by atoms with Crippen molar-refractivity contribution in [3.05, 3.63) is 122 Å². The topological polar surface area (TPSA) is 86.6 Å². The van der Waals surface area contributed by atoms with Gasteiger partial charge in [0.2, 0.25) is 0 Å². The van der Waals surface area contributed by atoms with Crippen LogP contribution >= 0.6 is 115 Å². The molecule has 3 aromatic carbocycles. The number of hydrogen-bond acceptors (Lipinski definition) is 17. The van der Waals surface area contributed by atoms with Gasteiger partial charge < -0.3 is 4.74 Å². The minimum Gasteiger partial charge on any atom is -0.493 e. The zero-order chi connectivity index (χ0) is 102. The molecule has 800 valence electrons. The molecule has 21 heteroatoms. The van der Waals surface area contributed by atoms with E-state index < -0.39 is 23.3 Å². The number of hydrogen-bond donors (Lipinski definition) is 0. The van der Waals surface area contributed by atoms with Crippen LogP contribution in [-0.2, 0) is 25.7 Å². The number of aromatic nitrogens is 6. The molecule has 0 amide bonds. The van der Waals surface area contributed by atoms with Gasteiger partial charge in [-0.25, -0.2) is 17.6 Å². The van der Waals surface area contributed by atoms with Crippen molar-refractivity contribution in [3.8, 4) is 97.7 Å². The van der Waals surface area contributed by atoms with Crippen molar-refractivity contribution in [3.63, 3.8) is 0 Å². The SMILES string of the molecule is CCCCCCCCCCCCOc1c(C)c(-c2ccc(C)s2)c2nsnc2c1-c1ccc(-c2sc(-c3c(F)c(F)c(-c4cc(CCCCCCCCCCCC)c(-c5ccc(-c6sc(-c7c(F)c(F)c(-c8cc(CC(CCCCCCCC)CCCCCCCCCC)c(C)s8)c8nsnc78)cc6CC(CCCCCCCC)CCCCCCCCCC)s5)s4)c4nsnc34)cc2CCCCCCCCCCCC)s1. The molecule has 2 unspecified atom stereocenters. The highest BCUT2D eigenvalue weighted by Crippen LogP contribution is 2.56. The number of unbranched alkanes of at least 4 members (excludes halogenated alkanes) is 51. The molecule has 146 heavy (non-hydrogen) atoms. The number of nitrogens with zero attached hydrogens (tertiary/aromatic N) is 6. The summed E-state index contributed by atoms with van der Waals surface area (Å²) in [5, 5.41) is 0. The van der Waals surface area contributed by atoms with Crippen LogP contribution in [-0.4, -0.2) is 32.8 Å². The number of ether oxygens (including phenoxy) is 1. The Morgan fingerprint density at radius 1 is 0.240 bits per heavy atom. The largest absolute Gasteiger partial charge is 0.493 e. The van der Waals surface area contributed by atoms with E-state index in [0.29, 0.717) is 55.1 Å². The number of aryl methyl sites for hydroxylation is 4. The van der Waals surface area contributed by atoms with E-state index in [-0.39, 0.29) is 22.3 Å². The first-order chi connectivity index (χ1) is 71.7. The summed E-state index contributed by atoms with van der Waals surface area (Å²) < 4.78 is 111. The van der Waals surface area contributed by atoms with Crippen LogP contribution in [0, 0.1) is 55.9 Å². The summed E-state index contributed by atoms with van der Waals surface area (Å²) in [6, 6.07) is 22.0. The third kappa shape index (κ3) is 34.3. The lowest BCUT2D eigenvalue weighted by atomic mass is 9.88. The molecule has 0 saturated heterocycles. The maximum Gasteiger partial charge on any atom is 0.170 e. The molecule has 2 atom stereocenters. The first-order valence-corrected chi connectivity index (χ1v) is 66.6. The summed E-state index contributed by atoms with van der Waals surface area (Å²) in [7, 11) is 0. The smallest absolute Gasteiger partial charge is 0.170 e. The van der Waals surface area contributed by atoms with E-state index in [0.717, 1.165) is 207 Å². The van der Waals surface area contributed by atoms with Gasteiger partial charge in [0.05, 0.1) is 69.6 Å². The number of halogens is 4. The lowest BCUT2D eigenvalue weighted by Gasteiger charge is -2.17. The van der Waals surface area contributed by atoms with E-state index >= 15 is 17.6 Å². The summed E-state index contributed by atoms with van der Waals surface area (Å²) in [6.07, 6.45) is 80.1. The predicted molar refractivity (Wildman–Crippen MR) is 641 cm³/mol. The van der Waals surface area contributed by atoms with Gasteiger partial charge in [-0.3, -0.25) is 0 Å². The Balaban J connectivity index is 0.859. The Kier molecular flexibility index (Phi) is 52.6. The maximum absolute atomic E-state index is 18.7. The van der Waals surface area contributed by atoms with Gasteiger partial charge in [0, 0.05) is 79.4 Å². The van der Waals surface area contributed by atoms with Crippen LogP contribution in [0.3, 0.4) is 0 Å². The quantitative estimate of drug-likeness (QED) is 0.0277.